The lowest BCUT2D eigenvalue weighted by atomic mass is 10.2. The highest BCUT2D eigenvalue weighted by Crippen LogP contribution is 2.23. The Balaban J connectivity index is 1.70. The number of esters is 1. The molecule has 10 heteroatoms. The van der Waals surface area contributed by atoms with Crippen LogP contribution in [0.25, 0.3) is 0 Å². The van der Waals surface area contributed by atoms with E-state index in [0.29, 0.717) is 23.6 Å². The van der Waals surface area contributed by atoms with Crippen LogP contribution in [0, 0.1) is 0 Å². The molecule has 1 heterocycles. The number of hydrogen-bond donors (Lipinski definition) is 1. The SMILES string of the molecule is CCOC(=O)c1ccccc1NC(=O)CN1CCCN(Cc2ccccc2Cl)S1(=O)=O. The summed E-state index contributed by atoms with van der Waals surface area (Å²) in [5, 5.41) is 3.11. The number of carbonyl (C=O) groups is 2. The minimum absolute atomic E-state index is 0.131. The summed E-state index contributed by atoms with van der Waals surface area (Å²) in [7, 11) is -3.85. The van der Waals surface area contributed by atoms with Crippen molar-refractivity contribution >= 4 is 39.4 Å². The summed E-state index contributed by atoms with van der Waals surface area (Å²) in [5.41, 5.74) is 1.18. The minimum Gasteiger partial charge on any atom is -0.462 e. The Morgan fingerprint density at radius 2 is 1.74 bits per heavy atom. The van der Waals surface area contributed by atoms with Crippen LogP contribution in [0.4, 0.5) is 5.69 Å². The number of anilines is 1. The van der Waals surface area contributed by atoms with Crippen molar-refractivity contribution in [3.8, 4) is 0 Å². The fraction of sp³-hybridized carbons (Fsp3) is 0.333. The topological polar surface area (TPSA) is 96.0 Å². The molecule has 8 nitrogen and oxygen atoms in total. The largest absolute Gasteiger partial charge is 0.462 e. The maximum absolute atomic E-state index is 13.0. The predicted molar refractivity (Wildman–Crippen MR) is 118 cm³/mol. The van der Waals surface area contributed by atoms with E-state index in [1.807, 2.05) is 0 Å². The summed E-state index contributed by atoms with van der Waals surface area (Å²) < 4.78 is 33.5. The number of ether oxygens (including phenoxy) is 1. The van der Waals surface area contributed by atoms with Gasteiger partial charge in [-0.05, 0) is 37.1 Å². The molecule has 2 aromatic carbocycles. The summed E-state index contributed by atoms with van der Waals surface area (Å²) in [6.45, 7) is 2.24. The highest BCUT2D eigenvalue weighted by Gasteiger charge is 2.35. The van der Waals surface area contributed by atoms with Gasteiger partial charge in [0.25, 0.3) is 10.2 Å². The molecule has 0 aliphatic carbocycles. The Morgan fingerprint density at radius 1 is 1.06 bits per heavy atom. The van der Waals surface area contributed by atoms with Crippen LogP contribution in [0.15, 0.2) is 48.5 Å². The minimum atomic E-state index is -3.85. The third kappa shape index (κ3) is 5.62. The first kappa shape index (κ1) is 23.2. The van der Waals surface area contributed by atoms with Gasteiger partial charge in [0, 0.05) is 24.7 Å². The van der Waals surface area contributed by atoms with E-state index in [0.717, 1.165) is 4.31 Å². The number of hydrogen-bond acceptors (Lipinski definition) is 5. The van der Waals surface area contributed by atoms with Gasteiger partial charge in [-0.2, -0.15) is 17.0 Å². The van der Waals surface area contributed by atoms with E-state index in [4.69, 9.17) is 16.3 Å². The van der Waals surface area contributed by atoms with Crippen molar-refractivity contribution in [1.82, 2.24) is 8.61 Å². The molecule has 1 aliphatic heterocycles. The van der Waals surface area contributed by atoms with Gasteiger partial charge in [-0.25, -0.2) is 4.79 Å². The van der Waals surface area contributed by atoms with E-state index < -0.39 is 22.1 Å². The molecule has 0 unspecified atom stereocenters. The molecule has 1 fully saturated rings. The molecule has 0 bridgehead atoms. The number of nitrogens with zero attached hydrogens (tertiary/aromatic N) is 2. The van der Waals surface area contributed by atoms with E-state index in [1.165, 1.54) is 10.4 Å². The van der Waals surface area contributed by atoms with E-state index in [9.17, 15) is 18.0 Å². The van der Waals surface area contributed by atoms with E-state index in [1.54, 1.807) is 49.4 Å². The van der Waals surface area contributed by atoms with Crippen LogP contribution in [0.2, 0.25) is 5.02 Å². The van der Waals surface area contributed by atoms with Crippen LogP contribution in [-0.4, -0.2) is 55.1 Å². The second-order valence-electron chi connectivity index (χ2n) is 6.93. The molecule has 0 radical (unpaired) electrons. The van der Waals surface area contributed by atoms with Gasteiger partial charge in [0.2, 0.25) is 5.91 Å². The summed E-state index contributed by atoms with van der Waals surface area (Å²) in [6.07, 6.45) is 0.580. The van der Waals surface area contributed by atoms with Crippen LogP contribution in [0.5, 0.6) is 0 Å². The molecule has 0 saturated carbocycles. The van der Waals surface area contributed by atoms with Gasteiger partial charge in [0.15, 0.2) is 0 Å². The second kappa shape index (κ2) is 10.2. The van der Waals surface area contributed by atoms with Crippen LogP contribution < -0.4 is 5.32 Å². The van der Waals surface area contributed by atoms with Crippen LogP contribution >= 0.6 is 11.6 Å². The van der Waals surface area contributed by atoms with E-state index >= 15 is 0 Å². The highest BCUT2D eigenvalue weighted by molar-refractivity contribution is 7.86. The molecular weight excluding hydrogens is 442 g/mol. The van der Waals surface area contributed by atoms with E-state index in [2.05, 4.69) is 5.32 Å². The smallest absolute Gasteiger partial charge is 0.340 e. The molecule has 1 aliphatic rings. The van der Waals surface area contributed by atoms with Crippen LogP contribution in [-0.2, 0) is 26.3 Å². The van der Waals surface area contributed by atoms with Crippen LogP contribution in [0.1, 0.15) is 29.3 Å². The average Bonchev–Trinajstić information content (AvgIpc) is 2.73. The Bertz CT molecular complexity index is 1060. The molecule has 0 aromatic heterocycles. The van der Waals surface area contributed by atoms with Crippen molar-refractivity contribution in [1.29, 1.82) is 0 Å². The van der Waals surface area contributed by atoms with Gasteiger partial charge in [-0.15, -0.1) is 0 Å². The molecule has 3 rings (SSSR count). The summed E-state index contributed by atoms with van der Waals surface area (Å²) >= 11 is 6.17. The molecule has 2 aromatic rings. The van der Waals surface area contributed by atoms with Crippen molar-refractivity contribution in [2.24, 2.45) is 0 Å². The summed E-state index contributed by atoms with van der Waals surface area (Å²) in [4.78, 5) is 24.7. The summed E-state index contributed by atoms with van der Waals surface area (Å²) in [6, 6.07) is 13.5. The average molecular weight is 466 g/mol. The standard InChI is InChI=1S/C21H24ClN3O5S/c1-2-30-21(27)17-9-4-6-11-19(17)23-20(26)15-25-13-7-12-24(31(25,28)29)14-16-8-3-5-10-18(16)22/h3-6,8-11H,2,7,12-15H2,1H3,(H,23,26). The number of amides is 1. The third-order valence-electron chi connectivity index (χ3n) is 4.79. The highest BCUT2D eigenvalue weighted by atomic mass is 35.5. The molecule has 1 N–H and O–H groups in total. The number of para-hydroxylation sites is 1. The van der Waals surface area contributed by atoms with Crippen molar-refractivity contribution in [3.63, 3.8) is 0 Å². The van der Waals surface area contributed by atoms with Gasteiger partial charge >= 0.3 is 5.97 Å². The number of carbonyl (C=O) groups excluding carboxylic acids is 2. The Labute approximate surface area is 186 Å². The first-order valence-corrected chi connectivity index (χ1v) is 11.6. The van der Waals surface area contributed by atoms with Crippen molar-refractivity contribution in [3.05, 3.63) is 64.7 Å². The molecular formula is C21H24ClN3O5S. The Hall–Kier alpha value is -2.46. The van der Waals surface area contributed by atoms with Gasteiger partial charge < -0.3 is 10.1 Å². The van der Waals surface area contributed by atoms with Gasteiger partial charge in [-0.1, -0.05) is 41.9 Å². The van der Waals surface area contributed by atoms with Gasteiger partial charge in [0.05, 0.1) is 24.4 Å². The number of benzene rings is 2. The maximum atomic E-state index is 13.0. The molecule has 1 amide bonds. The first-order valence-electron chi connectivity index (χ1n) is 9.87. The fourth-order valence-corrected chi connectivity index (χ4v) is 5.11. The van der Waals surface area contributed by atoms with Gasteiger partial charge in [-0.3, -0.25) is 4.79 Å². The predicted octanol–water partition coefficient (Wildman–Crippen LogP) is 2.91. The maximum Gasteiger partial charge on any atom is 0.340 e. The second-order valence-corrected chi connectivity index (χ2v) is 9.27. The monoisotopic (exact) mass is 465 g/mol. The number of nitrogens with one attached hydrogen (secondary N) is 1. The molecule has 166 valence electrons. The quantitative estimate of drug-likeness (QED) is 0.634. The van der Waals surface area contributed by atoms with Crippen LogP contribution in [0.3, 0.4) is 0 Å². The Kier molecular flexibility index (Phi) is 7.66. The zero-order valence-electron chi connectivity index (χ0n) is 17.1. The Morgan fingerprint density at radius 3 is 2.48 bits per heavy atom. The number of rotatable bonds is 7. The zero-order chi connectivity index (χ0) is 22.4. The molecule has 0 atom stereocenters. The molecule has 0 spiro atoms. The lowest BCUT2D eigenvalue weighted by molar-refractivity contribution is -0.116. The van der Waals surface area contributed by atoms with Crippen molar-refractivity contribution < 1.29 is 22.7 Å². The van der Waals surface area contributed by atoms with Gasteiger partial charge in [0.1, 0.15) is 0 Å². The lowest BCUT2D eigenvalue weighted by Gasteiger charge is -2.34. The van der Waals surface area contributed by atoms with E-state index in [-0.39, 0.29) is 37.5 Å². The summed E-state index contributed by atoms with van der Waals surface area (Å²) in [5.74, 6) is -1.10. The lowest BCUT2D eigenvalue weighted by Crippen LogP contribution is -2.51. The van der Waals surface area contributed by atoms with Crippen molar-refractivity contribution in [2.75, 3.05) is 31.6 Å². The normalized spacial score (nSPS) is 16.6. The molecule has 31 heavy (non-hydrogen) atoms. The fourth-order valence-electron chi connectivity index (χ4n) is 3.28. The van der Waals surface area contributed by atoms with Crippen molar-refractivity contribution in [2.45, 2.75) is 19.9 Å². The third-order valence-corrected chi connectivity index (χ3v) is 7.09. The number of halogens is 1. The molecule has 1 saturated heterocycles. The first-order chi connectivity index (χ1) is 14.8. The zero-order valence-corrected chi connectivity index (χ0v) is 18.7.